The van der Waals surface area contributed by atoms with Crippen LogP contribution in [0.5, 0.6) is 5.75 Å². The smallest absolute Gasteiger partial charge is 0.269 e. The van der Waals surface area contributed by atoms with Crippen LogP contribution in [0.25, 0.3) is 10.2 Å². The van der Waals surface area contributed by atoms with Gasteiger partial charge in [-0.3, -0.25) is 19.8 Å². The normalized spacial score (nSPS) is 11.0. The van der Waals surface area contributed by atoms with Gasteiger partial charge in [-0.15, -0.1) is 0 Å². The minimum atomic E-state index is -0.485. The molecule has 0 N–H and O–H groups in total. The molecule has 0 radical (unpaired) electrons. The van der Waals surface area contributed by atoms with E-state index in [2.05, 4.69) is 4.98 Å². The van der Waals surface area contributed by atoms with Crippen LogP contribution in [0, 0.1) is 10.1 Å². The average molecular weight is 414 g/mol. The van der Waals surface area contributed by atoms with Crippen molar-refractivity contribution in [1.82, 2.24) is 9.88 Å². The Hall–Kier alpha value is -3.04. The molecular formula is C20H22N4O4S. The fourth-order valence-electron chi connectivity index (χ4n) is 2.76. The summed E-state index contributed by atoms with van der Waals surface area (Å²) < 4.78 is 6.59. The topological polar surface area (TPSA) is 88.8 Å². The molecule has 0 atom stereocenters. The van der Waals surface area contributed by atoms with E-state index in [1.807, 2.05) is 44.1 Å². The van der Waals surface area contributed by atoms with Crippen LogP contribution in [-0.2, 0) is 0 Å². The number of fused-ring (bicyclic) bond motifs is 1. The van der Waals surface area contributed by atoms with Gasteiger partial charge < -0.3 is 9.64 Å². The summed E-state index contributed by atoms with van der Waals surface area (Å²) in [6.07, 6.45) is 0. The second-order valence-corrected chi connectivity index (χ2v) is 7.61. The number of nitro benzene ring substituents is 1. The number of hydrogen-bond donors (Lipinski definition) is 0. The van der Waals surface area contributed by atoms with Gasteiger partial charge in [0.25, 0.3) is 11.6 Å². The summed E-state index contributed by atoms with van der Waals surface area (Å²) in [4.78, 5) is 31.9. The van der Waals surface area contributed by atoms with Gasteiger partial charge in [-0.25, -0.2) is 4.98 Å². The van der Waals surface area contributed by atoms with E-state index in [9.17, 15) is 14.9 Å². The molecule has 1 heterocycles. The van der Waals surface area contributed by atoms with Crippen LogP contribution in [0.2, 0.25) is 0 Å². The number of likely N-dealkylation sites (N-methyl/N-ethyl adjacent to an activating group) is 1. The molecule has 0 aliphatic carbocycles. The Morgan fingerprint density at radius 3 is 2.52 bits per heavy atom. The Morgan fingerprint density at radius 2 is 1.90 bits per heavy atom. The number of benzene rings is 2. The number of ether oxygens (including phenoxy) is 1. The molecule has 0 fully saturated rings. The van der Waals surface area contributed by atoms with Crippen molar-refractivity contribution in [1.29, 1.82) is 0 Å². The number of hydrogen-bond acceptors (Lipinski definition) is 7. The third-order valence-corrected chi connectivity index (χ3v) is 5.29. The van der Waals surface area contributed by atoms with Gasteiger partial charge >= 0.3 is 0 Å². The number of para-hydroxylation sites is 1. The molecule has 3 aromatic rings. The SMILES string of the molecule is CCOc1cccc2sc(N(CCN(C)C)C(=O)c3ccc([N+](=O)[O-])cc3)nc12. The largest absolute Gasteiger partial charge is 0.492 e. The van der Waals surface area contributed by atoms with E-state index in [-0.39, 0.29) is 11.6 Å². The Balaban J connectivity index is 1.98. The van der Waals surface area contributed by atoms with E-state index in [4.69, 9.17) is 4.74 Å². The molecule has 0 saturated carbocycles. The number of thiazole rings is 1. The number of anilines is 1. The number of carbonyl (C=O) groups excluding carboxylic acids is 1. The Morgan fingerprint density at radius 1 is 1.17 bits per heavy atom. The predicted octanol–water partition coefficient (Wildman–Crippen LogP) is 3.81. The van der Waals surface area contributed by atoms with Crippen molar-refractivity contribution < 1.29 is 14.5 Å². The number of nitrogens with zero attached hydrogens (tertiary/aromatic N) is 4. The van der Waals surface area contributed by atoms with E-state index in [0.29, 0.717) is 36.1 Å². The fraction of sp³-hybridized carbons (Fsp3) is 0.300. The molecule has 2 aromatic carbocycles. The summed E-state index contributed by atoms with van der Waals surface area (Å²) >= 11 is 1.42. The molecule has 0 aliphatic rings. The van der Waals surface area contributed by atoms with Crippen molar-refractivity contribution in [3.05, 3.63) is 58.1 Å². The van der Waals surface area contributed by atoms with Gasteiger partial charge in [-0.05, 0) is 45.3 Å². The average Bonchev–Trinajstić information content (AvgIpc) is 3.13. The maximum absolute atomic E-state index is 13.2. The third-order valence-electron chi connectivity index (χ3n) is 4.24. The molecule has 9 heteroatoms. The maximum Gasteiger partial charge on any atom is 0.269 e. The third kappa shape index (κ3) is 4.69. The molecule has 8 nitrogen and oxygen atoms in total. The highest BCUT2D eigenvalue weighted by Gasteiger charge is 2.23. The molecule has 1 amide bonds. The van der Waals surface area contributed by atoms with Crippen LogP contribution in [0.3, 0.4) is 0 Å². The summed E-state index contributed by atoms with van der Waals surface area (Å²) in [5.74, 6) is 0.432. The molecule has 1 aromatic heterocycles. The summed E-state index contributed by atoms with van der Waals surface area (Å²) in [7, 11) is 3.86. The lowest BCUT2D eigenvalue weighted by Crippen LogP contribution is -2.36. The fourth-order valence-corrected chi connectivity index (χ4v) is 3.77. The van der Waals surface area contributed by atoms with Crippen LogP contribution >= 0.6 is 11.3 Å². The molecule has 0 spiro atoms. The van der Waals surface area contributed by atoms with Crippen LogP contribution in [-0.4, -0.2) is 54.5 Å². The highest BCUT2D eigenvalue weighted by Crippen LogP contribution is 2.34. The van der Waals surface area contributed by atoms with E-state index in [1.165, 1.54) is 35.6 Å². The van der Waals surface area contributed by atoms with Gasteiger partial charge in [0.15, 0.2) is 5.13 Å². The van der Waals surface area contributed by atoms with Crippen LogP contribution in [0.4, 0.5) is 10.8 Å². The molecule has 0 aliphatic heterocycles. The number of nitro groups is 1. The number of aromatic nitrogens is 1. The zero-order valence-corrected chi connectivity index (χ0v) is 17.3. The minimum absolute atomic E-state index is 0.0530. The van der Waals surface area contributed by atoms with E-state index >= 15 is 0 Å². The number of amides is 1. The lowest BCUT2D eigenvalue weighted by atomic mass is 10.2. The van der Waals surface area contributed by atoms with Gasteiger partial charge in [0, 0.05) is 30.8 Å². The summed E-state index contributed by atoms with van der Waals surface area (Å²) in [5.41, 5.74) is 1.04. The standard InChI is InChI=1S/C20H22N4O4S/c1-4-28-16-6-5-7-17-18(16)21-20(29-17)23(13-12-22(2)3)19(25)14-8-10-15(11-9-14)24(26)27/h5-11H,4,12-13H2,1-3H3. The highest BCUT2D eigenvalue weighted by atomic mass is 32.1. The zero-order chi connectivity index (χ0) is 21.0. The maximum atomic E-state index is 13.2. The Kier molecular flexibility index (Phi) is 6.40. The van der Waals surface area contributed by atoms with Gasteiger partial charge in [0.2, 0.25) is 0 Å². The van der Waals surface area contributed by atoms with Crippen LogP contribution in [0.15, 0.2) is 42.5 Å². The van der Waals surface area contributed by atoms with E-state index in [0.717, 1.165) is 10.2 Å². The first-order valence-electron chi connectivity index (χ1n) is 9.14. The summed E-state index contributed by atoms with van der Waals surface area (Å²) in [6.45, 7) is 3.52. The van der Waals surface area contributed by atoms with Crippen molar-refractivity contribution in [2.75, 3.05) is 38.7 Å². The minimum Gasteiger partial charge on any atom is -0.492 e. The van der Waals surface area contributed by atoms with Gasteiger partial charge in [-0.2, -0.15) is 0 Å². The molecular weight excluding hydrogens is 392 g/mol. The molecule has 0 unspecified atom stereocenters. The van der Waals surface area contributed by atoms with Crippen molar-refractivity contribution in [2.45, 2.75) is 6.92 Å². The van der Waals surface area contributed by atoms with Gasteiger partial charge in [-0.1, -0.05) is 17.4 Å². The quantitative estimate of drug-likeness (QED) is 0.411. The lowest BCUT2D eigenvalue weighted by molar-refractivity contribution is -0.384. The first-order chi connectivity index (χ1) is 13.9. The summed E-state index contributed by atoms with van der Waals surface area (Å²) in [5, 5.41) is 11.5. The lowest BCUT2D eigenvalue weighted by Gasteiger charge is -2.22. The van der Waals surface area contributed by atoms with E-state index in [1.54, 1.807) is 4.90 Å². The Labute approximate surface area is 172 Å². The number of rotatable bonds is 8. The highest BCUT2D eigenvalue weighted by molar-refractivity contribution is 7.22. The van der Waals surface area contributed by atoms with Crippen molar-refractivity contribution in [3.63, 3.8) is 0 Å². The van der Waals surface area contributed by atoms with Crippen LogP contribution < -0.4 is 9.64 Å². The van der Waals surface area contributed by atoms with Crippen molar-refractivity contribution >= 4 is 38.3 Å². The molecule has 152 valence electrons. The number of carbonyl (C=O) groups is 1. The van der Waals surface area contributed by atoms with Gasteiger partial charge in [0.05, 0.1) is 16.2 Å². The predicted molar refractivity (Wildman–Crippen MR) is 114 cm³/mol. The van der Waals surface area contributed by atoms with Gasteiger partial charge in [0.1, 0.15) is 11.3 Å². The second kappa shape index (κ2) is 8.97. The Bertz CT molecular complexity index is 1020. The molecule has 0 bridgehead atoms. The molecule has 0 saturated heterocycles. The van der Waals surface area contributed by atoms with Crippen LogP contribution in [0.1, 0.15) is 17.3 Å². The van der Waals surface area contributed by atoms with Crippen molar-refractivity contribution in [3.8, 4) is 5.75 Å². The molecule has 29 heavy (non-hydrogen) atoms. The molecule has 3 rings (SSSR count). The summed E-state index contributed by atoms with van der Waals surface area (Å²) in [6, 6.07) is 11.3. The van der Waals surface area contributed by atoms with E-state index < -0.39 is 4.92 Å². The zero-order valence-electron chi connectivity index (χ0n) is 16.5. The first kappa shape index (κ1) is 20.7. The monoisotopic (exact) mass is 414 g/mol. The first-order valence-corrected chi connectivity index (χ1v) is 9.95. The van der Waals surface area contributed by atoms with Crippen molar-refractivity contribution in [2.24, 2.45) is 0 Å². The number of non-ortho nitro benzene ring substituents is 1. The second-order valence-electron chi connectivity index (χ2n) is 6.60.